The summed E-state index contributed by atoms with van der Waals surface area (Å²) in [7, 11) is 3.16. The number of carbonyl (C=O) groups is 2. The van der Waals surface area contributed by atoms with Crippen molar-refractivity contribution in [3.05, 3.63) is 88.7 Å². The number of halogens is 1. The molecule has 194 valence electrons. The molecule has 0 saturated carbocycles. The van der Waals surface area contributed by atoms with Crippen LogP contribution in [0.5, 0.6) is 17.2 Å². The highest BCUT2D eigenvalue weighted by atomic mass is 19.1. The van der Waals surface area contributed by atoms with Gasteiger partial charge in [-0.2, -0.15) is 0 Å². The molecule has 3 aromatic rings. The van der Waals surface area contributed by atoms with Crippen LogP contribution in [-0.2, 0) is 22.4 Å². The smallest absolute Gasteiger partial charge is 0.338 e. The van der Waals surface area contributed by atoms with Crippen molar-refractivity contribution in [3.8, 4) is 17.2 Å². The Balaban J connectivity index is 1.59. The topological polar surface area (TPSA) is 74.3 Å². The summed E-state index contributed by atoms with van der Waals surface area (Å²) in [5.74, 6) is 0.933. The van der Waals surface area contributed by atoms with Crippen molar-refractivity contribution >= 4 is 11.9 Å². The second-order valence-corrected chi connectivity index (χ2v) is 8.62. The zero-order chi connectivity index (χ0) is 26.4. The van der Waals surface area contributed by atoms with E-state index in [1.807, 2.05) is 12.1 Å². The fourth-order valence-electron chi connectivity index (χ4n) is 4.46. The maximum atomic E-state index is 13.4. The molecule has 37 heavy (non-hydrogen) atoms. The number of benzene rings is 3. The van der Waals surface area contributed by atoms with Gasteiger partial charge in [-0.15, -0.1) is 0 Å². The van der Waals surface area contributed by atoms with Crippen LogP contribution in [0.15, 0.2) is 60.7 Å². The van der Waals surface area contributed by atoms with E-state index in [0.717, 1.165) is 16.7 Å². The summed E-state index contributed by atoms with van der Waals surface area (Å²) in [5.41, 5.74) is 3.14. The van der Waals surface area contributed by atoms with Gasteiger partial charge in [0.05, 0.1) is 38.9 Å². The molecule has 1 atom stereocenters. The minimum absolute atomic E-state index is 0.0849. The number of ether oxygens (including phenoxy) is 4. The SMILES string of the molecule is CCOC(=O)c1ccc(OC[C@@H]2c3cc(OC)c(OC)cc3CCN2C(=O)Cc2ccc(F)cc2)cc1. The van der Waals surface area contributed by atoms with Gasteiger partial charge in [-0.05, 0) is 78.6 Å². The van der Waals surface area contributed by atoms with Gasteiger partial charge in [0, 0.05) is 6.54 Å². The number of amides is 1. The summed E-state index contributed by atoms with van der Waals surface area (Å²) in [5, 5.41) is 0. The zero-order valence-corrected chi connectivity index (χ0v) is 21.2. The molecular weight excluding hydrogens is 477 g/mol. The quantitative estimate of drug-likeness (QED) is 0.389. The van der Waals surface area contributed by atoms with Gasteiger partial charge >= 0.3 is 5.97 Å². The van der Waals surface area contributed by atoms with Gasteiger partial charge in [0.25, 0.3) is 0 Å². The first-order chi connectivity index (χ1) is 17.9. The number of hydrogen-bond donors (Lipinski definition) is 0. The summed E-state index contributed by atoms with van der Waals surface area (Å²) < 4.78 is 35.5. The van der Waals surface area contributed by atoms with Crippen LogP contribution in [0.25, 0.3) is 0 Å². The van der Waals surface area contributed by atoms with Crippen LogP contribution in [0.3, 0.4) is 0 Å². The van der Waals surface area contributed by atoms with Crippen LogP contribution in [-0.4, -0.2) is 50.8 Å². The van der Waals surface area contributed by atoms with E-state index in [1.54, 1.807) is 62.4 Å². The molecule has 0 bridgehead atoms. The first kappa shape index (κ1) is 26.0. The van der Waals surface area contributed by atoms with E-state index in [-0.39, 0.29) is 30.8 Å². The first-order valence-corrected chi connectivity index (χ1v) is 12.1. The highest BCUT2D eigenvalue weighted by molar-refractivity contribution is 5.89. The third kappa shape index (κ3) is 6.02. The van der Waals surface area contributed by atoms with Gasteiger partial charge in [-0.25, -0.2) is 9.18 Å². The van der Waals surface area contributed by atoms with Crippen LogP contribution in [0.4, 0.5) is 4.39 Å². The number of esters is 1. The summed E-state index contributed by atoms with van der Waals surface area (Å²) >= 11 is 0. The lowest BCUT2D eigenvalue weighted by atomic mass is 9.91. The van der Waals surface area contributed by atoms with Crippen LogP contribution in [0.1, 0.15) is 40.0 Å². The number of hydrogen-bond acceptors (Lipinski definition) is 6. The molecule has 0 unspecified atom stereocenters. The molecule has 4 rings (SSSR count). The van der Waals surface area contributed by atoms with Crippen molar-refractivity contribution in [1.29, 1.82) is 0 Å². The molecule has 0 N–H and O–H groups in total. The lowest BCUT2D eigenvalue weighted by Crippen LogP contribution is -2.43. The lowest BCUT2D eigenvalue weighted by Gasteiger charge is -2.37. The Morgan fingerprint density at radius 3 is 2.30 bits per heavy atom. The molecule has 0 spiro atoms. The molecule has 0 radical (unpaired) electrons. The van der Waals surface area contributed by atoms with E-state index < -0.39 is 5.97 Å². The third-order valence-electron chi connectivity index (χ3n) is 6.36. The van der Waals surface area contributed by atoms with E-state index in [2.05, 4.69) is 0 Å². The fourth-order valence-corrected chi connectivity index (χ4v) is 4.46. The molecule has 1 aliphatic heterocycles. The summed E-state index contributed by atoms with van der Waals surface area (Å²) in [6, 6.07) is 16.1. The molecule has 1 heterocycles. The lowest BCUT2D eigenvalue weighted by molar-refractivity contribution is -0.134. The van der Waals surface area contributed by atoms with Crippen molar-refractivity contribution in [2.75, 3.05) is 34.0 Å². The summed E-state index contributed by atoms with van der Waals surface area (Å²) in [6.07, 6.45) is 0.795. The van der Waals surface area contributed by atoms with Crippen molar-refractivity contribution in [2.24, 2.45) is 0 Å². The molecule has 3 aromatic carbocycles. The molecule has 0 saturated heterocycles. The van der Waals surface area contributed by atoms with E-state index in [9.17, 15) is 14.0 Å². The maximum absolute atomic E-state index is 13.4. The maximum Gasteiger partial charge on any atom is 0.338 e. The number of rotatable bonds is 9. The number of carbonyl (C=O) groups excluding carboxylic acids is 2. The van der Waals surface area contributed by atoms with Gasteiger partial charge in [0.15, 0.2) is 11.5 Å². The van der Waals surface area contributed by atoms with Gasteiger partial charge in [-0.1, -0.05) is 12.1 Å². The molecule has 1 aliphatic rings. The van der Waals surface area contributed by atoms with Gasteiger partial charge in [0.1, 0.15) is 18.2 Å². The zero-order valence-electron chi connectivity index (χ0n) is 21.2. The van der Waals surface area contributed by atoms with Gasteiger partial charge in [0.2, 0.25) is 5.91 Å². The molecule has 8 heteroatoms. The van der Waals surface area contributed by atoms with Crippen LogP contribution in [0.2, 0.25) is 0 Å². The standard InChI is InChI=1S/C29H30FNO6/c1-4-36-29(33)20-7-11-23(12-8-20)37-18-25-24-17-27(35-3)26(34-2)16-21(24)13-14-31(25)28(32)15-19-5-9-22(30)10-6-19/h5-12,16-17,25H,4,13-15,18H2,1-3H3/t25-/m1/s1. The predicted molar refractivity (Wildman–Crippen MR) is 136 cm³/mol. The average molecular weight is 508 g/mol. The molecule has 1 amide bonds. The Morgan fingerprint density at radius 2 is 1.65 bits per heavy atom. The molecule has 7 nitrogen and oxygen atoms in total. The van der Waals surface area contributed by atoms with Gasteiger partial charge in [-0.3, -0.25) is 4.79 Å². The average Bonchev–Trinajstić information content (AvgIpc) is 2.92. The summed E-state index contributed by atoms with van der Waals surface area (Å²) in [4.78, 5) is 27.2. The Labute approximate surface area is 215 Å². The van der Waals surface area contributed by atoms with E-state index in [0.29, 0.717) is 42.4 Å². The minimum Gasteiger partial charge on any atom is -0.493 e. The number of fused-ring (bicyclic) bond motifs is 1. The Bertz CT molecular complexity index is 1240. The van der Waals surface area contributed by atoms with E-state index >= 15 is 0 Å². The van der Waals surface area contributed by atoms with Crippen LogP contribution >= 0.6 is 0 Å². The monoisotopic (exact) mass is 507 g/mol. The number of methoxy groups -OCH3 is 2. The van der Waals surface area contributed by atoms with E-state index in [4.69, 9.17) is 18.9 Å². The predicted octanol–water partition coefficient (Wildman–Crippen LogP) is 4.77. The highest BCUT2D eigenvalue weighted by Crippen LogP contribution is 2.38. The molecule has 0 aliphatic carbocycles. The van der Waals surface area contributed by atoms with Crippen molar-refractivity contribution in [2.45, 2.75) is 25.8 Å². The third-order valence-corrected chi connectivity index (χ3v) is 6.36. The largest absolute Gasteiger partial charge is 0.493 e. The molecule has 0 fully saturated rings. The van der Waals surface area contributed by atoms with Crippen LogP contribution in [0, 0.1) is 5.82 Å². The Kier molecular flexibility index (Phi) is 8.28. The summed E-state index contributed by atoms with van der Waals surface area (Å²) in [6.45, 7) is 2.74. The van der Waals surface area contributed by atoms with Crippen molar-refractivity contribution in [1.82, 2.24) is 4.90 Å². The fraction of sp³-hybridized carbons (Fsp3) is 0.310. The minimum atomic E-state index is -0.395. The second-order valence-electron chi connectivity index (χ2n) is 8.62. The number of nitrogens with zero attached hydrogens (tertiary/aromatic N) is 1. The van der Waals surface area contributed by atoms with E-state index in [1.165, 1.54) is 12.1 Å². The molecule has 0 aromatic heterocycles. The van der Waals surface area contributed by atoms with Crippen molar-refractivity contribution in [3.63, 3.8) is 0 Å². The van der Waals surface area contributed by atoms with Crippen molar-refractivity contribution < 1.29 is 32.9 Å². The first-order valence-electron chi connectivity index (χ1n) is 12.1. The Hall–Kier alpha value is -4.07. The molecular formula is C29H30FNO6. The van der Waals surface area contributed by atoms with Gasteiger partial charge < -0.3 is 23.8 Å². The normalized spacial score (nSPS) is 14.5. The Morgan fingerprint density at radius 1 is 0.973 bits per heavy atom. The van der Waals surface area contributed by atoms with Crippen LogP contribution < -0.4 is 14.2 Å². The second kappa shape index (κ2) is 11.8. The highest BCUT2D eigenvalue weighted by Gasteiger charge is 2.33.